The summed E-state index contributed by atoms with van der Waals surface area (Å²) < 4.78 is 0. The molecular weight excluding hydrogens is 234 g/mol. The minimum Gasteiger partial charge on any atom is -0.370 e. The van der Waals surface area contributed by atoms with Crippen LogP contribution in [0.2, 0.25) is 0 Å². The van der Waals surface area contributed by atoms with Crippen LogP contribution in [0.1, 0.15) is 44.3 Å². The Morgan fingerprint density at radius 3 is 2.76 bits per heavy atom. The van der Waals surface area contributed by atoms with Gasteiger partial charge in [-0.3, -0.25) is 4.79 Å². The van der Waals surface area contributed by atoms with E-state index in [-0.39, 0.29) is 11.3 Å². The number of nitrogens with zero attached hydrogens (tertiary/aromatic N) is 1. The van der Waals surface area contributed by atoms with E-state index in [0.29, 0.717) is 6.42 Å². The van der Waals surface area contributed by atoms with Gasteiger partial charge in [0, 0.05) is 23.8 Å². The number of hydrogen-bond donors (Lipinski definition) is 2. The molecule has 0 atom stereocenters. The van der Waals surface area contributed by atoms with Gasteiger partial charge in [0.1, 0.15) is 0 Å². The number of primary amides is 1. The summed E-state index contributed by atoms with van der Waals surface area (Å²) in [6.45, 7) is 8.04. The van der Waals surface area contributed by atoms with Crippen molar-refractivity contribution in [2.45, 2.75) is 45.6 Å². The Morgan fingerprint density at radius 1 is 1.53 bits per heavy atom. The van der Waals surface area contributed by atoms with Crippen LogP contribution in [0.3, 0.4) is 0 Å². The van der Waals surface area contributed by atoms with E-state index >= 15 is 0 Å². The quantitative estimate of drug-likeness (QED) is 0.762. The van der Waals surface area contributed by atoms with E-state index in [1.54, 1.807) is 11.3 Å². The van der Waals surface area contributed by atoms with Crippen molar-refractivity contribution in [2.24, 2.45) is 5.73 Å². The monoisotopic (exact) mass is 255 g/mol. The van der Waals surface area contributed by atoms with E-state index in [4.69, 9.17) is 5.73 Å². The number of nitrogens with one attached hydrogen (secondary N) is 1. The number of carbonyl (C=O) groups is 1. The molecule has 0 unspecified atom stereocenters. The number of hydrogen-bond acceptors (Lipinski definition) is 4. The molecule has 0 saturated carbocycles. The van der Waals surface area contributed by atoms with Crippen LogP contribution < -0.4 is 11.1 Å². The summed E-state index contributed by atoms with van der Waals surface area (Å²) in [5, 5.41) is 6.50. The van der Waals surface area contributed by atoms with Gasteiger partial charge in [0.2, 0.25) is 5.91 Å². The lowest BCUT2D eigenvalue weighted by molar-refractivity contribution is -0.118. The van der Waals surface area contributed by atoms with Crippen LogP contribution in [0.5, 0.6) is 0 Å². The van der Waals surface area contributed by atoms with Crippen LogP contribution in [0, 0.1) is 0 Å². The standard InChI is InChI=1S/C12H21N3OS/c1-12(2,3)11-15-9(8-17-11)7-14-6-4-5-10(13)16/h8,14H,4-7H2,1-3H3,(H2,13,16). The molecule has 3 N–H and O–H groups in total. The van der Waals surface area contributed by atoms with Crippen LogP contribution in [0.15, 0.2) is 5.38 Å². The predicted octanol–water partition coefficient (Wildman–Crippen LogP) is 1.80. The zero-order valence-electron chi connectivity index (χ0n) is 10.7. The first-order valence-electron chi connectivity index (χ1n) is 5.83. The van der Waals surface area contributed by atoms with Gasteiger partial charge in [0.15, 0.2) is 0 Å². The van der Waals surface area contributed by atoms with Crippen molar-refractivity contribution in [1.82, 2.24) is 10.3 Å². The number of carbonyl (C=O) groups excluding carboxylic acids is 1. The van der Waals surface area contributed by atoms with Gasteiger partial charge in [-0.2, -0.15) is 0 Å². The summed E-state index contributed by atoms with van der Waals surface area (Å²) in [6, 6.07) is 0. The topological polar surface area (TPSA) is 68.0 Å². The molecule has 96 valence electrons. The first kappa shape index (κ1) is 14.1. The Bertz CT molecular complexity index is 368. The summed E-state index contributed by atoms with van der Waals surface area (Å²) in [7, 11) is 0. The van der Waals surface area contributed by atoms with Gasteiger partial charge in [-0.15, -0.1) is 11.3 Å². The van der Waals surface area contributed by atoms with E-state index in [2.05, 4.69) is 36.5 Å². The number of thiazole rings is 1. The van der Waals surface area contributed by atoms with Crippen molar-refractivity contribution in [3.63, 3.8) is 0 Å². The molecule has 0 fully saturated rings. The molecule has 17 heavy (non-hydrogen) atoms. The van der Waals surface area contributed by atoms with Gasteiger partial charge in [-0.05, 0) is 13.0 Å². The fourth-order valence-electron chi connectivity index (χ4n) is 1.34. The molecule has 0 aliphatic carbocycles. The average molecular weight is 255 g/mol. The van der Waals surface area contributed by atoms with E-state index in [1.807, 2.05) is 0 Å². The lowest BCUT2D eigenvalue weighted by Crippen LogP contribution is -2.18. The van der Waals surface area contributed by atoms with Crippen molar-refractivity contribution in [3.8, 4) is 0 Å². The number of nitrogens with two attached hydrogens (primary N) is 1. The molecule has 4 nitrogen and oxygen atoms in total. The third-order valence-corrected chi connectivity index (χ3v) is 3.59. The molecule has 1 aromatic rings. The molecule has 1 aromatic heterocycles. The van der Waals surface area contributed by atoms with E-state index < -0.39 is 0 Å². The third-order valence-electron chi connectivity index (χ3n) is 2.28. The Morgan fingerprint density at radius 2 is 2.24 bits per heavy atom. The van der Waals surface area contributed by atoms with Crippen LogP contribution in [0.4, 0.5) is 0 Å². The number of rotatable bonds is 6. The molecule has 0 aliphatic rings. The lowest BCUT2D eigenvalue weighted by atomic mass is 9.98. The Labute approximate surface area is 107 Å². The van der Waals surface area contributed by atoms with Crippen LogP contribution in [0.25, 0.3) is 0 Å². The highest BCUT2D eigenvalue weighted by molar-refractivity contribution is 7.09. The van der Waals surface area contributed by atoms with Crippen LogP contribution in [-0.4, -0.2) is 17.4 Å². The number of aromatic nitrogens is 1. The highest BCUT2D eigenvalue weighted by Gasteiger charge is 2.17. The molecule has 0 bridgehead atoms. The van der Waals surface area contributed by atoms with Crippen molar-refractivity contribution in [3.05, 3.63) is 16.1 Å². The van der Waals surface area contributed by atoms with Crippen molar-refractivity contribution in [1.29, 1.82) is 0 Å². The fourth-order valence-corrected chi connectivity index (χ4v) is 2.24. The Hall–Kier alpha value is -0.940. The zero-order chi connectivity index (χ0) is 12.9. The molecule has 5 heteroatoms. The highest BCUT2D eigenvalue weighted by atomic mass is 32.1. The molecular formula is C12H21N3OS. The van der Waals surface area contributed by atoms with Crippen molar-refractivity contribution in [2.75, 3.05) is 6.54 Å². The summed E-state index contributed by atoms with van der Waals surface area (Å²) in [5.41, 5.74) is 6.25. The van der Waals surface area contributed by atoms with Crippen LogP contribution in [-0.2, 0) is 16.8 Å². The predicted molar refractivity (Wildman–Crippen MR) is 70.9 cm³/mol. The second-order valence-electron chi connectivity index (χ2n) is 5.14. The molecule has 0 aromatic carbocycles. The molecule has 1 rings (SSSR count). The minimum absolute atomic E-state index is 0.120. The van der Waals surface area contributed by atoms with Gasteiger partial charge in [-0.1, -0.05) is 20.8 Å². The molecule has 0 radical (unpaired) electrons. The van der Waals surface area contributed by atoms with Crippen molar-refractivity contribution < 1.29 is 4.79 Å². The summed E-state index contributed by atoms with van der Waals surface area (Å²) in [5.74, 6) is -0.240. The highest BCUT2D eigenvalue weighted by Crippen LogP contribution is 2.25. The normalized spacial score (nSPS) is 11.7. The van der Waals surface area contributed by atoms with Crippen molar-refractivity contribution >= 4 is 17.2 Å². The number of amides is 1. The first-order valence-corrected chi connectivity index (χ1v) is 6.71. The van der Waals surface area contributed by atoms with Gasteiger partial charge in [0.05, 0.1) is 10.7 Å². The van der Waals surface area contributed by atoms with Crippen LogP contribution >= 0.6 is 11.3 Å². The van der Waals surface area contributed by atoms with Gasteiger partial charge in [0.25, 0.3) is 0 Å². The summed E-state index contributed by atoms with van der Waals surface area (Å²) in [4.78, 5) is 15.1. The van der Waals surface area contributed by atoms with Gasteiger partial charge >= 0.3 is 0 Å². The molecule has 1 heterocycles. The smallest absolute Gasteiger partial charge is 0.217 e. The lowest BCUT2D eigenvalue weighted by Gasteiger charge is -2.13. The summed E-state index contributed by atoms with van der Waals surface area (Å²) in [6.07, 6.45) is 1.23. The largest absolute Gasteiger partial charge is 0.370 e. The molecule has 0 spiro atoms. The average Bonchev–Trinajstić information content (AvgIpc) is 2.64. The molecule has 0 saturated heterocycles. The minimum atomic E-state index is -0.240. The first-order chi connectivity index (χ1) is 7.89. The molecule has 0 aliphatic heterocycles. The van der Waals surface area contributed by atoms with Gasteiger partial charge in [-0.25, -0.2) is 4.98 Å². The second-order valence-corrected chi connectivity index (χ2v) is 6.00. The SMILES string of the molecule is CC(C)(C)c1nc(CNCCCC(N)=O)cs1. The Balaban J connectivity index is 2.28. The van der Waals surface area contributed by atoms with Gasteiger partial charge < -0.3 is 11.1 Å². The zero-order valence-corrected chi connectivity index (χ0v) is 11.6. The van der Waals surface area contributed by atoms with E-state index in [0.717, 1.165) is 30.2 Å². The maximum absolute atomic E-state index is 10.5. The van der Waals surface area contributed by atoms with E-state index in [1.165, 1.54) is 0 Å². The molecule has 1 amide bonds. The third kappa shape index (κ3) is 5.28. The Kier molecular flexibility index (Phi) is 5.08. The van der Waals surface area contributed by atoms with E-state index in [9.17, 15) is 4.79 Å². The maximum Gasteiger partial charge on any atom is 0.217 e. The maximum atomic E-state index is 10.5. The summed E-state index contributed by atoms with van der Waals surface area (Å²) >= 11 is 1.70. The fraction of sp³-hybridized carbons (Fsp3) is 0.667. The second kappa shape index (κ2) is 6.12.